The molecule has 0 radical (unpaired) electrons. The molecule has 0 atom stereocenters. The van der Waals surface area contributed by atoms with Gasteiger partial charge >= 0.3 is 7.60 Å². The molecule has 0 aliphatic heterocycles. The average Bonchev–Trinajstić information content (AvgIpc) is 2.15. The van der Waals surface area contributed by atoms with E-state index < -0.39 is 13.8 Å². The Hall–Kier alpha value is -1.42. The van der Waals surface area contributed by atoms with E-state index in [9.17, 15) is 9.36 Å². The Morgan fingerprint density at radius 3 is 2.62 bits per heavy atom. The van der Waals surface area contributed by atoms with Gasteiger partial charge in [-0.15, -0.1) is 0 Å². The summed E-state index contributed by atoms with van der Waals surface area (Å²) in [4.78, 5) is 29.1. The first-order valence-corrected chi connectivity index (χ1v) is 6.32. The Morgan fingerprint density at radius 1 is 1.25 bits per heavy atom. The molecular weight excluding hydrogens is 231 g/mol. The molecule has 0 saturated heterocycles. The lowest BCUT2D eigenvalue weighted by Crippen LogP contribution is -2.02. The van der Waals surface area contributed by atoms with Crippen LogP contribution in [-0.4, -0.2) is 9.79 Å². The summed E-state index contributed by atoms with van der Waals surface area (Å²) in [6.45, 7) is 0. The Balaban J connectivity index is 2.59. The number of rotatable bonds is 2. The van der Waals surface area contributed by atoms with Crippen molar-refractivity contribution in [3.05, 3.63) is 46.3 Å². The molecule has 0 bridgehead atoms. The molecule has 0 aliphatic carbocycles. The number of benzene rings is 1. The first kappa shape index (κ1) is 11.1. The maximum Gasteiger partial charge on any atom is 0.333 e. The highest BCUT2D eigenvalue weighted by atomic mass is 31.2. The van der Waals surface area contributed by atoms with Crippen molar-refractivity contribution in [1.29, 1.82) is 0 Å². The molecule has 1 heterocycles. The van der Waals surface area contributed by atoms with Crippen molar-refractivity contribution in [3.8, 4) is 0 Å². The Bertz CT molecular complexity index is 624. The third kappa shape index (κ3) is 2.39. The quantitative estimate of drug-likeness (QED) is 0.776. The normalized spacial score (nSPS) is 11.9. The summed E-state index contributed by atoms with van der Waals surface area (Å²) in [7, 11) is -4.22. The molecular formula is C10H9O5P. The van der Waals surface area contributed by atoms with Crippen LogP contribution in [0.15, 0.2) is 39.5 Å². The molecule has 0 fully saturated rings. The van der Waals surface area contributed by atoms with Crippen LogP contribution in [0.2, 0.25) is 0 Å². The summed E-state index contributed by atoms with van der Waals surface area (Å²) in [6.07, 6.45) is -0.562. The fraction of sp³-hybridized carbons (Fsp3) is 0.100. The first-order valence-electron chi connectivity index (χ1n) is 4.52. The summed E-state index contributed by atoms with van der Waals surface area (Å²) in [5, 5.41) is 0.400. The zero-order chi connectivity index (χ0) is 11.8. The van der Waals surface area contributed by atoms with Gasteiger partial charge in [-0.1, -0.05) is 12.1 Å². The first-order chi connectivity index (χ1) is 7.46. The summed E-state index contributed by atoms with van der Waals surface area (Å²) in [6, 6.07) is 7.68. The molecule has 0 unspecified atom stereocenters. The summed E-state index contributed by atoms with van der Waals surface area (Å²) < 4.78 is 16.0. The van der Waals surface area contributed by atoms with E-state index in [-0.39, 0.29) is 11.2 Å². The van der Waals surface area contributed by atoms with E-state index in [1.807, 2.05) is 0 Å². The van der Waals surface area contributed by atoms with Crippen LogP contribution in [0.5, 0.6) is 0 Å². The average molecular weight is 240 g/mol. The molecule has 16 heavy (non-hydrogen) atoms. The van der Waals surface area contributed by atoms with Gasteiger partial charge in [0.15, 0.2) is 5.43 Å². The molecule has 0 saturated carbocycles. The highest BCUT2D eigenvalue weighted by molar-refractivity contribution is 7.50. The molecule has 0 spiro atoms. The number of para-hydroxylation sites is 1. The zero-order valence-corrected chi connectivity index (χ0v) is 9.05. The van der Waals surface area contributed by atoms with Crippen molar-refractivity contribution >= 4 is 18.6 Å². The lowest BCUT2D eigenvalue weighted by atomic mass is 10.2. The van der Waals surface area contributed by atoms with Gasteiger partial charge < -0.3 is 14.2 Å². The molecule has 2 aromatic rings. The smallest absolute Gasteiger partial charge is 0.333 e. The van der Waals surface area contributed by atoms with E-state index in [4.69, 9.17) is 14.2 Å². The molecule has 84 valence electrons. The molecule has 6 heteroatoms. The van der Waals surface area contributed by atoms with Gasteiger partial charge in [-0.2, -0.15) is 0 Å². The monoisotopic (exact) mass is 240 g/mol. The van der Waals surface area contributed by atoms with Crippen molar-refractivity contribution in [3.63, 3.8) is 0 Å². The van der Waals surface area contributed by atoms with Crippen LogP contribution in [0.1, 0.15) is 5.76 Å². The lowest BCUT2D eigenvalue weighted by molar-refractivity contribution is 0.366. The maximum atomic E-state index is 11.6. The van der Waals surface area contributed by atoms with Crippen molar-refractivity contribution in [1.82, 2.24) is 0 Å². The van der Waals surface area contributed by atoms with Crippen LogP contribution in [0, 0.1) is 0 Å². The van der Waals surface area contributed by atoms with E-state index >= 15 is 0 Å². The highest BCUT2D eigenvalue weighted by Crippen LogP contribution is 2.39. The minimum Gasteiger partial charge on any atom is -0.460 e. The Kier molecular flexibility index (Phi) is 2.68. The van der Waals surface area contributed by atoms with Gasteiger partial charge in [-0.3, -0.25) is 9.36 Å². The van der Waals surface area contributed by atoms with Crippen LogP contribution >= 0.6 is 7.60 Å². The van der Waals surface area contributed by atoms with Crippen LogP contribution in [0.25, 0.3) is 11.0 Å². The molecule has 1 aromatic carbocycles. The molecule has 5 nitrogen and oxygen atoms in total. The second kappa shape index (κ2) is 3.87. The van der Waals surface area contributed by atoms with Crippen molar-refractivity contribution in [2.24, 2.45) is 0 Å². The number of fused-ring (bicyclic) bond motifs is 1. The van der Waals surface area contributed by atoms with Crippen molar-refractivity contribution < 1.29 is 18.8 Å². The van der Waals surface area contributed by atoms with Crippen LogP contribution in [0.4, 0.5) is 0 Å². The molecule has 2 N–H and O–H groups in total. The minimum atomic E-state index is -4.22. The zero-order valence-electron chi connectivity index (χ0n) is 8.16. The molecule has 2 rings (SSSR count). The van der Waals surface area contributed by atoms with Gasteiger partial charge in [0.1, 0.15) is 17.5 Å². The van der Waals surface area contributed by atoms with Crippen LogP contribution in [-0.2, 0) is 10.7 Å². The van der Waals surface area contributed by atoms with Gasteiger partial charge in [0.2, 0.25) is 0 Å². The van der Waals surface area contributed by atoms with Gasteiger partial charge in [-0.05, 0) is 12.1 Å². The molecule has 0 aliphatic rings. The van der Waals surface area contributed by atoms with Crippen LogP contribution < -0.4 is 5.43 Å². The van der Waals surface area contributed by atoms with E-state index in [2.05, 4.69) is 0 Å². The second-order valence-electron chi connectivity index (χ2n) is 3.40. The summed E-state index contributed by atoms with van der Waals surface area (Å²) in [5.74, 6) is -0.00275. The fourth-order valence-electron chi connectivity index (χ4n) is 1.43. The predicted molar refractivity (Wildman–Crippen MR) is 58.2 cm³/mol. The third-order valence-corrected chi connectivity index (χ3v) is 2.77. The largest absolute Gasteiger partial charge is 0.460 e. The highest BCUT2D eigenvalue weighted by Gasteiger charge is 2.17. The van der Waals surface area contributed by atoms with E-state index in [0.717, 1.165) is 6.07 Å². The Morgan fingerprint density at radius 2 is 1.94 bits per heavy atom. The number of hydrogen-bond acceptors (Lipinski definition) is 3. The Labute approximate surface area is 90.5 Å². The topological polar surface area (TPSA) is 87.7 Å². The van der Waals surface area contributed by atoms with Crippen molar-refractivity contribution in [2.75, 3.05) is 0 Å². The lowest BCUT2D eigenvalue weighted by Gasteiger charge is -2.04. The van der Waals surface area contributed by atoms with Crippen LogP contribution in [0.3, 0.4) is 0 Å². The maximum absolute atomic E-state index is 11.6. The summed E-state index contributed by atoms with van der Waals surface area (Å²) >= 11 is 0. The SMILES string of the molecule is O=c1cc(CP(=O)(O)O)oc2ccccc12. The van der Waals surface area contributed by atoms with Gasteiger partial charge in [0.25, 0.3) is 0 Å². The molecule has 1 aromatic heterocycles. The van der Waals surface area contributed by atoms with Gasteiger partial charge in [-0.25, -0.2) is 0 Å². The predicted octanol–water partition coefficient (Wildman–Crippen LogP) is 1.47. The minimum absolute atomic E-state index is 0.00275. The van der Waals surface area contributed by atoms with E-state index in [1.54, 1.807) is 24.3 Å². The van der Waals surface area contributed by atoms with E-state index in [1.165, 1.54) is 0 Å². The van der Waals surface area contributed by atoms with Crippen molar-refractivity contribution in [2.45, 2.75) is 6.16 Å². The second-order valence-corrected chi connectivity index (χ2v) is 5.04. The van der Waals surface area contributed by atoms with Gasteiger partial charge in [0.05, 0.1) is 5.39 Å². The number of hydrogen-bond donors (Lipinski definition) is 2. The van der Waals surface area contributed by atoms with Gasteiger partial charge in [0, 0.05) is 6.07 Å². The molecule has 0 amide bonds. The van der Waals surface area contributed by atoms with E-state index in [0.29, 0.717) is 11.0 Å². The standard InChI is InChI=1S/C10H9O5P/c11-9-5-7(6-16(12,13)14)15-10-4-2-1-3-8(9)10/h1-5H,6H2,(H2,12,13,14). The summed E-state index contributed by atoms with van der Waals surface area (Å²) in [5.41, 5.74) is 0.0313. The fourth-order valence-corrected chi connectivity index (χ4v) is 2.00. The third-order valence-electron chi connectivity index (χ3n) is 2.05.